The average molecular weight is 131 g/mol. The summed E-state index contributed by atoms with van der Waals surface area (Å²) >= 11 is 1.17. The van der Waals surface area contributed by atoms with Crippen molar-refractivity contribution in [1.29, 1.82) is 0 Å². The minimum absolute atomic E-state index is 0.809. The molecule has 0 amide bonds. The molecule has 0 bridgehead atoms. The molecular weight excluding hydrogens is 122 g/mol. The lowest BCUT2D eigenvalue weighted by Crippen LogP contribution is -1.92. The molecule has 0 radical (unpaired) electrons. The maximum Gasteiger partial charge on any atom is 0.180 e. The fourth-order valence-corrected chi connectivity index (χ4v) is 0.651. The summed E-state index contributed by atoms with van der Waals surface area (Å²) in [5.41, 5.74) is 0.809. The summed E-state index contributed by atoms with van der Waals surface area (Å²) in [6, 6.07) is 0. The maximum absolute atomic E-state index is 9.78. The number of allylic oxidation sites excluding steroid dienone is 1. The maximum atomic E-state index is 9.78. The topological polar surface area (TPSA) is 29.1 Å². The summed E-state index contributed by atoms with van der Waals surface area (Å²) in [5, 5.41) is 2.81. The van der Waals surface area contributed by atoms with E-state index in [0.717, 1.165) is 10.5 Å². The Bertz CT molecular complexity index is 101. The summed E-state index contributed by atoms with van der Waals surface area (Å²) in [4.78, 5) is 10.8. The summed E-state index contributed by atoms with van der Waals surface area (Å²) in [6.07, 6.45) is 1.78. The van der Waals surface area contributed by atoms with Crippen LogP contribution in [0, 0.1) is 0 Å². The van der Waals surface area contributed by atoms with Gasteiger partial charge in [0, 0.05) is 18.2 Å². The van der Waals surface area contributed by atoms with Crippen molar-refractivity contribution in [3.8, 4) is 0 Å². The van der Waals surface area contributed by atoms with Crippen LogP contribution in [-0.4, -0.2) is 12.7 Å². The Hall–Kier alpha value is -0.440. The predicted molar refractivity (Wildman–Crippen MR) is 37.2 cm³/mol. The largest absolute Gasteiger partial charge is 0.393 e. The third kappa shape index (κ3) is 3.74. The molecule has 0 fully saturated rings. The summed E-state index contributed by atoms with van der Waals surface area (Å²) < 4.78 is 0. The molecule has 8 heavy (non-hydrogen) atoms. The van der Waals surface area contributed by atoms with Gasteiger partial charge in [-0.1, -0.05) is 11.8 Å². The first-order valence-corrected chi connectivity index (χ1v) is 3.13. The summed E-state index contributed by atoms with van der Waals surface area (Å²) in [7, 11) is 1.80. The first-order chi connectivity index (χ1) is 3.81. The molecule has 46 valence electrons. The van der Waals surface area contributed by atoms with E-state index in [9.17, 15) is 4.79 Å². The highest BCUT2D eigenvalue weighted by atomic mass is 32.2. The molecule has 0 heterocycles. The molecule has 0 saturated carbocycles. The van der Waals surface area contributed by atoms with Crippen molar-refractivity contribution in [2.75, 3.05) is 7.05 Å². The molecule has 0 saturated heterocycles. The quantitative estimate of drug-likeness (QED) is 0.579. The fraction of sp³-hybridized carbons (Fsp3) is 0.400. The number of rotatable bonds is 3. The van der Waals surface area contributed by atoms with Crippen molar-refractivity contribution in [2.45, 2.75) is 6.92 Å². The van der Waals surface area contributed by atoms with Crippen LogP contribution in [0.15, 0.2) is 11.1 Å². The first kappa shape index (κ1) is 7.56. The molecular formula is C5H9NOS. The van der Waals surface area contributed by atoms with E-state index in [4.69, 9.17) is 0 Å². The average Bonchev–Trinajstić information content (AvgIpc) is 1.68. The summed E-state index contributed by atoms with van der Waals surface area (Å²) in [6.45, 7) is 1.87. The van der Waals surface area contributed by atoms with Gasteiger partial charge < -0.3 is 5.32 Å². The van der Waals surface area contributed by atoms with Gasteiger partial charge in [-0.25, -0.2) is 0 Å². The molecule has 0 aliphatic heterocycles. The third-order valence-corrected chi connectivity index (χ3v) is 1.17. The molecule has 0 atom stereocenters. The van der Waals surface area contributed by atoms with Crippen molar-refractivity contribution in [1.82, 2.24) is 5.32 Å². The smallest absolute Gasteiger partial charge is 0.180 e. The SMILES string of the molecule is CN/C=C(/C)SC=O. The second-order valence-electron chi connectivity index (χ2n) is 1.26. The Morgan fingerprint density at radius 1 is 1.75 bits per heavy atom. The zero-order valence-electron chi connectivity index (χ0n) is 4.97. The Morgan fingerprint density at radius 3 is 2.75 bits per heavy atom. The van der Waals surface area contributed by atoms with Gasteiger partial charge >= 0.3 is 0 Å². The molecule has 0 unspecified atom stereocenters. The number of hydrogen-bond donors (Lipinski definition) is 1. The van der Waals surface area contributed by atoms with Crippen molar-refractivity contribution < 1.29 is 4.79 Å². The highest BCUT2D eigenvalue weighted by Gasteiger charge is 1.82. The highest BCUT2D eigenvalue weighted by Crippen LogP contribution is 2.07. The molecule has 2 nitrogen and oxygen atoms in total. The molecule has 3 heteroatoms. The van der Waals surface area contributed by atoms with Crippen LogP contribution >= 0.6 is 11.8 Å². The minimum Gasteiger partial charge on any atom is -0.393 e. The Kier molecular flexibility index (Phi) is 4.45. The lowest BCUT2D eigenvalue weighted by Gasteiger charge is -1.89. The number of thioether (sulfide) groups is 1. The molecule has 0 aromatic rings. The second kappa shape index (κ2) is 4.71. The molecule has 0 aliphatic carbocycles. The first-order valence-electron chi connectivity index (χ1n) is 2.25. The van der Waals surface area contributed by atoms with Gasteiger partial charge in [-0.2, -0.15) is 0 Å². The van der Waals surface area contributed by atoms with Gasteiger partial charge in [-0.05, 0) is 6.92 Å². The Labute approximate surface area is 53.3 Å². The van der Waals surface area contributed by atoms with Gasteiger partial charge in [0.2, 0.25) is 0 Å². The summed E-state index contributed by atoms with van der Waals surface area (Å²) in [5.74, 6) is 0. The Balaban J connectivity index is 3.44. The van der Waals surface area contributed by atoms with E-state index in [1.807, 2.05) is 6.92 Å². The van der Waals surface area contributed by atoms with Gasteiger partial charge in [0.05, 0.1) is 0 Å². The normalized spacial score (nSPS) is 11.0. The van der Waals surface area contributed by atoms with E-state index in [1.165, 1.54) is 11.8 Å². The van der Waals surface area contributed by atoms with E-state index >= 15 is 0 Å². The van der Waals surface area contributed by atoms with Gasteiger partial charge in [0.1, 0.15) is 0 Å². The van der Waals surface area contributed by atoms with Crippen LogP contribution in [-0.2, 0) is 4.79 Å². The fourth-order valence-electron chi connectivity index (χ4n) is 0.313. The van der Waals surface area contributed by atoms with Crippen molar-refractivity contribution in [2.24, 2.45) is 0 Å². The molecule has 0 spiro atoms. The molecule has 0 aromatic heterocycles. The predicted octanol–water partition coefficient (Wildman–Crippen LogP) is 0.990. The second-order valence-corrected chi connectivity index (χ2v) is 2.33. The minimum atomic E-state index is 0.809. The zero-order chi connectivity index (χ0) is 6.41. The monoisotopic (exact) mass is 131 g/mol. The lowest BCUT2D eigenvalue weighted by atomic mass is 10.7. The molecule has 0 aliphatic rings. The lowest BCUT2D eigenvalue weighted by molar-refractivity contribution is 0.570. The van der Waals surface area contributed by atoms with E-state index < -0.39 is 0 Å². The highest BCUT2D eigenvalue weighted by molar-refractivity contribution is 8.15. The van der Waals surface area contributed by atoms with Crippen LogP contribution in [0.2, 0.25) is 0 Å². The van der Waals surface area contributed by atoms with Crippen molar-refractivity contribution in [3.63, 3.8) is 0 Å². The van der Waals surface area contributed by atoms with Crippen LogP contribution < -0.4 is 5.32 Å². The van der Waals surface area contributed by atoms with E-state index in [-0.39, 0.29) is 0 Å². The number of hydrogen-bond acceptors (Lipinski definition) is 3. The van der Waals surface area contributed by atoms with Gasteiger partial charge in [-0.3, -0.25) is 4.79 Å². The Morgan fingerprint density at radius 2 is 2.38 bits per heavy atom. The van der Waals surface area contributed by atoms with Crippen LogP contribution in [0.4, 0.5) is 0 Å². The van der Waals surface area contributed by atoms with Crippen LogP contribution in [0.3, 0.4) is 0 Å². The van der Waals surface area contributed by atoms with Gasteiger partial charge in [0.25, 0.3) is 0 Å². The third-order valence-electron chi connectivity index (χ3n) is 0.582. The molecule has 1 N–H and O–H groups in total. The number of carbonyl (C=O) groups is 1. The molecule has 0 aromatic carbocycles. The van der Waals surface area contributed by atoms with E-state index in [2.05, 4.69) is 5.32 Å². The van der Waals surface area contributed by atoms with E-state index in [0.29, 0.717) is 0 Å². The molecule has 0 rings (SSSR count). The standard InChI is InChI=1S/C5H9NOS/c1-5(3-6-2)8-4-7/h3-4,6H,1-2H3/b5-3-. The number of carbonyl (C=O) groups excluding carboxylic acids is 1. The van der Waals surface area contributed by atoms with Crippen LogP contribution in [0.1, 0.15) is 6.92 Å². The van der Waals surface area contributed by atoms with Crippen LogP contribution in [0.5, 0.6) is 0 Å². The van der Waals surface area contributed by atoms with Crippen molar-refractivity contribution in [3.05, 3.63) is 11.1 Å². The van der Waals surface area contributed by atoms with E-state index in [1.54, 1.807) is 13.2 Å². The van der Waals surface area contributed by atoms with Crippen LogP contribution in [0.25, 0.3) is 0 Å². The zero-order valence-corrected chi connectivity index (χ0v) is 5.79. The van der Waals surface area contributed by atoms with Gasteiger partial charge in [-0.15, -0.1) is 0 Å². The van der Waals surface area contributed by atoms with Crippen molar-refractivity contribution >= 4 is 17.4 Å². The van der Waals surface area contributed by atoms with Gasteiger partial charge in [0.15, 0.2) is 5.62 Å². The number of nitrogens with one attached hydrogen (secondary N) is 1.